The van der Waals surface area contributed by atoms with E-state index in [0.29, 0.717) is 5.92 Å². The van der Waals surface area contributed by atoms with E-state index in [-0.39, 0.29) is 0 Å². The lowest BCUT2D eigenvalue weighted by atomic mass is 9.80. The molecule has 0 radical (unpaired) electrons. The quantitative estimate of drug-likeness (QED) is 0.0752. The van der Waals surface area contributed by atoms with Gasteiger partial charge in [-0.15, -0.1) is 0 Å². The van der Waals surface area contributed by atoms with Crippen molar-refractivity contribution in [2.24, 2.45) is 0 Å². The first-order valence-electron chi connectivity index (χ1n) is 38.9. The van der Waals surface area contributed by atoms with Gasteiger partial charge in [-0.3, -0.25) is 0 Å². The minimum absolute atomic E-state index is 0.338. The van der Waals surface area contributed by atoms with Crippen LogP contribution in [-0.2, 0) is 6.42 Å². The van der Waals surface area contributed by atoms with Crippen molar-refractivity contribution >= 4 is 60.3 Å². The van der Waals surface area contributed by atoms with Gasteiger partial charge in [-0.25, -0.2) is 0 Å². The van der Waals surface area contributed by atoms with Crippen LogP contribution in [0.2, 0.25) is 0 Å². The Hall–Kier alpha value is -13.5. The average molecular weight is 1400 g/mol. The monoisotopic (exact) mass is 1400 g/mol. The zero-order valence-corrected chi connectivity index (χ0v) is 61.3. The molecule has 17 aromatic rings. The highest BCUT2D eigenvalue weighted by molar-refractivity contribution is 6.24. The van der Waals surface area contributed by atoms with Crippen molar-refractivity contribution in [1.29, 1.82) is 0 Å². The molecule has 0 saturated heterocycles. The molecule has 0 bridgehead atoms. The van der Waals surface area contributed by atoms with Crippen molar-refractivity contribution in [1.82, 2.24) is 0 Å². The highest BCUT2D eigenvalue weighted by Gasteiger charge is 2.25. The Kier molecular flexibility index (Phi) is 17.2. The minimum atomic E-state index is 0.338. The first kappa shape index (κ1) is 66.0. The summed E-state index contributed by atoms with van der Waals surface area (Å²) < 4.78 is 0. The molecule has 3 aliphatic rings. The van der Waals surface area contributed by atoms with Crippen molar-refractivity contribution in [2.75, 3.05) is 0 Å². The summed E-state index contributed by atoms with van der Waals surface area (Å²) in [6.45, 7) is 0. The molecule has 0 nitrogen and oxygen atoms in total. The largest absolute Gasteiger partial charge is 0.0836 e. The van der Waals surface area contributed by atoms with Gasteiger partial charge in [-0.1, -0.05) is 322 Å². The molecule has 110 heavy (non-hydrogen) atoms. The fourth-order valence-corrected chi connectivity index (χ4v) is 17.6. The molecule has 17 aromatic carbocycles. The third-order valence-corrected chi connectivity index (χ3v) is 23.2. The van der Waals surface area contributed by atoms with E-state index in [4.69, 9.17) is 0 Å². The van der Waals surface area contributed by atoms with Crippen LogP contribution in [0, 0.1) is 0 Å². The standard InChI is InChI=1S/C110H78/c1-5-25-73(26-6-1)80-35-19-39-84(57-80)93-63-94(85-40-20-36-81(58-85)74-27-7-2-8-28-74)66-97(65-93)88-43-23-45-90(61-88)99-69-100(91-46-24-44-89(62-91)98-67-95(86-41-21-37-82(59-86)75-29-9-3-10-30-75)64-96(68-98)87-42-22-38-83(60-87)76-31-11-4-12-32-76)71-101(70-99)109-105-50-18-17-49-104(105)108(106-56-55-78-34-14-16-48-103(78)110(106)109)92-54-53-79-52-51-77-33-13-15-47-102(77)107(79)72-92/h1-13,15-23,25-31,33,35-43,45-72,76H,14,24,32,34,44H2. The molecule has 518 valence electrons. The van der Waals surface area contributed by atoms with Gasteiger partial charge in [-0.2, -0.15) is 0 Å². The highest BCUT2D eigenvalue weighted by atomic mass is 14.3. The summed E-state index contributed by atoms with van der Waals surface area (Å²) in [7, 11) is 0. The molecule has 0 heterocycles. The van der Waals surface area contributed by atoms with E-state index < -0.39 is 0 Å². The molecular weight excluding hydrogens is 1320 g/mol. The zero-order valence-electron chi connectivity index (χ0n) is 61.3. The lowest BCUT2D eigenvalue weighted by molar-refractivity contribution is 0.854. The van der Waals surface area contributed by atoms with Crippen LogP contribution in [0.4, 0.5) is 0 Å². The van der Waals surface area contributed by atoms with Gasteiger partial charge in [0.2, 0.25) is 0 Å². The Balaban J connectivity index is 0.790. The van der Waals surface area contributed by atoms with E-state index in [0.717, 1.165) is 54.4 Å². The summed E-state index contributed by atoms with van der Waals surface area (Å²) in [6, 6.07) is 135. The molecular formula is C110H78. The second-order valence-electron chi connectivity index (χ2n) is 30.0. The van der Waals surface area contributed by atoms with Crippen molar-refractivity contribution in [3.8, 4) is 122 Å². The van der Waals surface area contributed by atoms with E-state index in [2.05, 4.69) is 407 Å². The molecule has 0 aliphatic heterocycles. The van der Waals surface area contributed by atoms with Crippen LogP contribution in [0.15, 0.2) is 400 Å². The lowest BCUT2D eigenvalue weighted by Crippen LogP contribution is -2.00. The van der Waals surface area contributed by atoms with Gasteiger partial charge in [0, 0.05) is 5.92 Å². The Morgan fingerprint density at radius 2 is 0.682 bits per heavy atom. The van der Waals surface area contributed by atoms with Gasteiger partial charge < -0.3 is 0 Å². The average Bonchev–Trinajstić information content (AvgIpc) is 0.715. The van der Waals surface area contributed by atoms with Crippen LogP contribution in [0.3, 0.4) is 0 Å². The number of allylic oxidation sites excluding steroid dienone is 9. The van der Waals surface area contributed by atoms with Gasteiger partial charge in [-0.05, 0) is 321 Å². The third kappa shape index (κ3) is 12.7. The Morgan fingerprint density at radius 3 is 1.24 bits per heavy atom. The Morgan fingerprint density at radius 1 is 0.245 bits per heavy atom. The maximum atomic E-state index is 2.54. The van der Waals surface area contributed by atoms with E-state index in [1.807, 2.05) is 0 Å². The SMILES string of the molecule is C1=CCC(c2cccc(-c3cc(C4=CC(c5cc(-c6cccc(-c7cc(-c8cccc(-c9ccccc9)c8)cc(-c8cccc(-c9ccccc9)c8)c7)c6)cc(-c6c7ccccc7c(-c7ccc8ccc9ccccc9c8c7)c7ccc8c(c67)C=CCC8)c5)=CCC4)cc(-c4cccc(-c5ccccc5)c4)c3)c2)C=C1. The summed E-state index contributed by atoms with van der Waals surface area (Å²) >= 11 is 0. The number of fused-ring (bicyclic) bond motifs is 7. The number of hydrogen-bond acceptors (Lipinski definition) is 0. The van der Waals surface area contributed by atoms with E-state index in [9.17, 15) is 0 Å². The number of rotatable bonds is 14. The molecule has 0 aromatic heterocycles. The third-order valence-electron chi connectivity index (χ3n) is 23.2. The predicted octanol–water partition coefficient (Wildman–Crippen LogP) is 30.5. The van der Waals surface area contributed by atoms with Crippen molar-refractivity contribution in [3.63, 3.8) is 0 Å². The molecule has 0 N–H and O–H groups in total. The summed E-state index contributed by atoms with van der Waals surface area (Å²) in [5.41, 5.74) is 35.4. The molecule has 20 rings (SSSR count). The maximum absolute atomic E-state index is 2.54. The van der Waals surface area contributed by atoms with Gasteiger partial charge in [0.05, 0.1) is 0 Å². The summed E-state index contributed by atoms with van der Waals surface area (Å²) in [6.07, 6.45) is 23.7. The summed E-state index contributed by atoms with van der Waals surface area (Å²) in [5.74, 6) is 0.338. The van der Waals surface area contributed by atoms with Gasteiger partial charge >= 0.3 is 0 Å². The first-order valence-corrected chi connectivity index (χ1v) is 38.9. The van der Waals surface area contributed by atoms with Crippen LogP contribution < -0.4 is 0 Å². The molecule has 1 atom stereocenters. The molecule has 0 fully saturated rings. The van der Waals surface area contributed by atoms with Crippen LogP contribution in [0.25, 0.3) is 183 Å². The normalized spacial score (nSPS) is 13.9. The number of hydrogen-bond donors (Lipinski definition) is 0. The molecule has 0 spiro atoms. The highest BCUT2D eigenvalue weighted by Crippen LogP contribution is 2.50. The van der Waals surface area contributed by atoms with Crippen molar-refractivity contribution in [3.05, 3.63) is 428 Å². The second kappa shape index (κ2) is 28.6. The fraction of sp³-hybridized carbons (Fsp3) is 0.0545. The number of benzene rings is 17. The topological polar surface area (TPSA) is 0 Å². The first-order chi connectivity index (χ1) is 54.5. The zero-order chi connectivity index (χ0) is 72.9. The summed E-state index contributed by atoms with van der Waals surface area (Å²) in [5, 5.41) is 10.1. The van der Waals surface area contributed by atoms with Crippen molar-refractivity contribution < 1.29 is 0 Å². The van der Waals surface area contributed by atoms with E-state index in [1.165, 1.54) is 182 Å². The van der Waals surface area contributed by atoms with Crippen LogP contribution >= 0.6 is 0 Å². The smallest absolute Gasteiger partial charge is 0.00559 e. The predicted molar refractivity (Wildman–Crippen MR) is 471 cm³/mol. The van der Waals surface area contributed by atoms with Crippen LogP contribution in [0.1, 0.15) is 59.4 Å². The number of aryl methyl sites for hydroxylation is 1. The van der Waals surface area contributed by atoms with Gasteiger partial charge in [0.15, 0.2) is 0 Å². The molecule has 0 heteroatoms. The lowest BCUT2D eigenvalue weighted by Gasteiger charge is -2.23. The Labute approximate surface area is 644 Å². The fourth-order valence-electron chi connectivity index (χ4n) is 17.6. The molecule has 3 aliphatic carbocycles. The van der Waals surface area contributed by atoms with Gasteiger partial charge in [0.1, 0.15) is 0 Å². The Bertz CT molecular complexity index is 6550. The van der Waals surface area contributed by atoms with Crippen LogP contribution in [-0.4, -0.2) is 0 Å². The molecule has 0 saturated carbocycles. The van der Waals surface area contributed by atoms with Crippen molar-refractivity contribution in [2.45, 2.75) is 38.0 Å². The molecule has 1 unspecified atom stereocenters. The van der Waals surface area contributed by atoms with Gasteiger partial charge in [0.25, 0.3) is 0 Å². The van der Waals surface area contributed by atoms with E-state index in [1.54, 1.807) is 0 Å². The molecule has 0 amide bonds. The van der Waals surface area contributed by atoms with Crippen LogP contribution in [0.5, 0.6) is 0 Å². The second-order valence-corrected chi connectivity index (χ2v) is 30.0. The van der Waals surface area contributed by atoms with E-state index >= 15 is 0 Å². The summed E-state index contributed by atoms with van der Waals surface area (Å²) in [4.78, 5) is 0. The maximum Gasteiger partial charge on any atom is 0.00559 e. The minimum Gasteiger partial charge on any atom is -0.0836 e.